The zero-order valence-corrected chi connectivity index (χ0v) is 21.6. The molecule has 0 radical (unpaired) electrons. The Balaban J connectivity index is 0.000000127. The Morgan fingerprint density at radius 3 is 1.81 bits per heavy atom. The second kappa shape index (κ2) is 11.9. The van der Waals surface area contributed by atoms with Crippen LogP contribution in [0.3, 0.4) is 0 Å². The van der Waals surface area contributed by atoms with E-state index < -0.39 is 0 Å². The molecule has 0 bridgehead atoms. The second-order valence-electron chi connectivity index (χ2n) is 10.4. The number of aliphatic hydroxyl groups excluding tert-OH is 2. The molecule has 4 heteroatoms. The molecule has 190 valence electrons. The van der Waals surface area contributed by atoms with Crippen LogP contribution in [-0.4, -0.2) is 28.2 Å². The standard InChI is InChI=1S/C11H14O.C11H12O.C10H13NO/c2*1-8-3-2-4-9-5-6-10(12)7-11(8)9;11-10-3-1-2-7-4-5-8(12)6-9(7)10/h2-4,10,12H,5-7H2,1H3;2-4H,5-7H2,1H3;1-3,8,12H,4-6,11H2/t10-;;8-/m1.1/s1. The number of fused-ring (bicyclic) bond motifs is 3. The molecule has 4 N–H and O–H groups in total. The van der Waals surface area contributed by atoms with Gasteiger partial charge in [-0.2, -0.15) is 0 Å². The molecule has 3 aliphatic carbocycles. The summed E-state index contributed by atoms with van der Waals surface area (Å²) in [7, 11) is 0. The number of nitrogens with two attached hydrogens (primary N) is 1. The summed E-state index contributed by atoms with van der Waals surface area (Å²) in [6.07, 6.45) is 7.39. The van der Waals surface area contributed by atoms with Gasteiger partial charge in [-0.3, -0.25) is 4.79 Å². The Morgan fingerprint density at radius 2 is 1.17 bits per heavy atom. The molecule has 0 amide bonds. The molecule has 0 aliphatic heterocycles. The van der Waals surface area contributed by atoms with Gasteiger partial charge in [0, 0.05) is 24.9 Å². The number of hydrogen-bond acceptors (Lipinski definition) is 4. The Morgan fingerprint density at radius 1 is 0.667 bits per heavy atom. The molecule has 6 rings (SSSR count). The third-order valence-electron chi connectivity index (χ3n) is 7.74. The van der Waals surface area contributed by atoms with Crippen LogP contribution < -0.4 is 5.73 Å². The lowest BCUT2D eigenvalue weighted by atomic mass is 9.87. The number of Topliss-reactive ketones (excluding diaryl/α,β-unsaturated/α-hetero) is 1. The first-order valence-electron chi connectivity index (χ1n) is 13.2. The van der Waals surface area contributed by atoms with E-state index in [1.807, 2.05) is 12.1 Å². The molecule has 3 aliphatic rings. The number of anilines is 1. The lowest BCUT2D eigenvalue weighted by Gasteiger charge is -2.21. The molecular weight excluding hydrogens is 446 g/mol. The first-order chi connectivity index (χ1) is 17.3. The highest BCUT2D eigenvalue weighted by atomic mass is 16.3. The molecule has 0 unspecified atom stereocenters. The zero-order chi connectivity index (χ0) is 25.7. The van der Waals surface area contributed by atoms with Crippen molar-refractivity contribution in [1.29, 1.82) is 0 Å². The summed E-state index contributed by atoms with van der Waals surface area (Å²) in [6, 6.07) is 18.7. The fourth-order valence-electron chi connectivity index (χ4n) is 5.56. The third kappa shape index (κ3) is 6.43. The SMILES string of the molecule is Cc1cccc2c1CC(=O)CC2.Cc1cccc2c1C[C@H](O)CC2.Nc1cccc2c1C[C@H](O)CC2. The molecule has 0 saturated heterocycles. The van der Waals surface area contributed by atoms with Gasteiger partial charge in [-0.15, -0.1) is 0 Å². The van der Waals surface area contributed by atoms with Crippen molar-refractivity contribution in [1.82, 2.24) is 0 Å². The number of nitrogen functional groups attached to an aromatic ring is 1. The molecule has 4 nitrogen and oxygen atoms in total. The first kappa shape index (κ1) is 26.1. The van der Waals surface area contributed by atoms with Crippen LogP contribution in [0.25, 0.3) is 0 Å². The van der Waals surface area contributed by atoms with E-state index in [-0.39, 0.29) is 12.2 Å². The minimum absolute atomic E-state index is 0.112. The summed E-state index contributed by atoms with van der Waals surface area (Å²) in [6.45, 7) is 4.20. The van der Waals surface area contributed by atoms with E-state index in [0.29, 0.717) is 12.2 Å². The summed E-state index contributed by atoms with van der Waals surface area (Å²) in [5.41, 5.74) is 17.1. The van der Waals surface area contributed by atoms with Gasteiger partial charge < -0.3 is 15.9 Å². The van der Waals surface area contributed by atoms with E-state index in [4.69, 9.17) is 5.73 Å². The fraction of sp³-hybridized carbons (Fsp3) is 0.406. The maximum atomic E-state index is 11.2. The monoisotopic (exact) mass is 485 g/mol. The van der Waals surface area contributed by atoms with Gasteiger partial charge in [-0.1, -0.05) is 48.5 Å². The summed E-state index contributed by atoms with van der Waals surface area (Å²) in [5, 5.41) is 18.9. The summed E-state index contributed by atoms with van der Waals surface area (Å²) in [5.74, 6) is 0.386. The van der Waals surface area contributed by atoms with E-state index in [2.05, 4.69) is 56.3 Å². The lowest BCUT2D eigenvalue weighted by Crippen LogP contribution is -2.19. The largest absolute Gasteiger partial charge is 0.398 e. The van der Waals surface area contributed by atoms with Crippen molar-refractivity contribution in [2.45, 2.75) is 83.8 Å². The zero-order valence-electron chi connectivity index (χ0n) is 21.6. The van der Waals surface area contributed by atoms with Crippen LogP contribution >= 0.6 is 0 Å². The van der Waals surface area contributed by atoms with Crippen molar-refractivity contribution < 1.29 is 15.0 Å². The van der Waals surface area contributed by atoms with Crippen molar-refractivity contribution in [2.75, 3.05) is 5.73 Å². The average molecular weight is 486 g/mol. The van der Waals surface area contributed by atoms with Crippen molar-refractivity contribution in [3.63, 3.8) is 0 Å². The second-order valence-corrected chi connectivity index (χ2v) is 10.4. The van der Waals surface area contributed by atoms with E-state index in [1.54, 1.807) is 0 Å². The molecule has 0 spiro atoms. The number of ketones is 1. The molecule has 0 aromatic heterocycles. The number of aryl methyl sites for hydroxylation is 5. The highest BCUT2D eigenvalue weighted by Gasteiger charge is 2.18. The topological polar surface area (TPSA) is 83.5 Å². The molecular formula is C32H39NO3. The average Bonchev–Trinajstić information content (AvgIpc) is 2.87. The molecule has 36 heavy (non-hydrogen) atoms. The van der Waals surface area contributed by atoms with E-state index >= 15 is 0 Å². The lowest BCUT2D eigenvalue weighted by molar-refractivity contribution is -0.118. The van der Waals surface area contributed by atoms with E-state index in [9.17, 15) is 15.0 Å². The molecule has 0 fully saturated rings. The van der Waals surface area contributed by atoms with Crippen LogP contribution in [0, 0.1) is 13.8 Å². The van der Waals surface area contributed by atoms with Crippen molar-refractivity contribution in [3.05, 3.63) is 99.1 Å². The van der Waals surface area contributed by atoms with Gasteiger partial charge in [0.2, 0.25) is 0 Å². The molecule has 3 aromatic carbocycles. The maximum absolute atomic E-state index is 11.2. The number of aliphatic hydroxyl groups is 2. The van der Waals surface area contributed by atoms with Gasteiger partial charge in [0.05, 0.1) is 12.2 Å². The number of rotatable bonds is 0. The maximum Gasteiger partial charge on any atom is 0.137 e. The predicted molar refractivity (Wildman–Crippen MR) is 146 cm³/mol. The minimum atomic E-state index is -0.192. The minimum Gasteiger partial charge on any atom is -0.398 e. The smallest absolute Gasteiger partial charge is 0.137 e. The number of benzene rings is 3. The Hall–Kier alpha value is -2.95. The third-order valence-corrected chi connectivity index (χ3v) is 7.74. The number of hydrogen-bond donors (Lipinski definition) is 3. The first-order valence-corrected chi connectivity index (χ1v) is 13.2. The summed E-state index contributed by atoms with van der Waals surface area (Å²) >= 11 is 0. The van der Waals surface area contributed by atoms with Gasteiger partial charge in [-0.05, 0) is 103 Å². The van der Waals surface area contributed by atoms with Crippen LogP contribution in [-0.2, 0) is 43.3 Å². The Kier molecular flexibility index (Phi) is 8.60. The summed E-state index contributed by atoms with van der Waals surface area (Å²) in [4.78, 5) is 11.2. The normalized spacial score (nSPS) is 19.9. The molecule has 0 saturated carbocycles. The number of carbonyl (C=O) groups excluding carboxylic acids is 1. The van der Waals surface area contributed by atoms with Crippen LogP contribution in [0.1, 0.15) is 63.8 Å². The Bertz CT molecular complexity index is 1150. The van der Waals surface area contributed by atoms with Crippen molar-refractivity contribution in [2.24, 2.45) is 0 Å². The van der Waals surface area contributed by atoms with Gasteiger partial charge in [0.25, 0.3) is 0 Å². The molecule has 3 aromatic rings. The van der Waals surface area contributed by atoms with Crippen LogP contribution in [0.2, 0.25) is 0 Å². The highest BCUT2D eigenvalue weighted by Crippen LogP contribution is 2.26. The van der Waals surface area contributed by atoms with Gasteiger partial charge >= 0.3 is 0 Å². The van der Waals surface area contributed by atoms with E-state index in [0.717, 1.165) is 62.6 Å². The quantitative estimate of drug-likeness (QED) is 0.391. The number of carbonyl (C=O) groups is 1. The van der Waals surface area contributed by atoms with Crippen LogP contribution in [0.4, 0.5) is 5.69 Å². The van der Waals surface area contributed by atoms with E-state index in [1.165, 1.54) is 38.9 Å². The van der Waals surface area contributed by atoms with Gasteiger partial charge in [0.1, 0.15) is 5.78 Å². The van der Waals surface area contributed by atoms with Crippen molar-refractivity contribution >= 4 is 11.5 Å². The van der Waals surface area contributed by atoms with Crippen LogP contribution in [0.15, 0.2) is 54.6 Å². The van der Waals surface area contributed by atoms with Crippen LogP contribution in [0.5, 0.6) is 0 Å². The predicted octanol–water partition coefficient (Wildman–Crippen LogP) is 5.02. The molecule has 0 heterocycles. The Labute approximate surface area is 215 Å². The fourth-order valence-corrected chi connectivity index (χ4v) is 5.56. The van der Waals surface area contributed by atoms with Crippen molar-refractivity contribution in [3.8, 4) is 0 Å². The van der Waals surface area contributed by atoms with Gasteiger partial charge in [0.15, 0.2) is 0 Å². The molecule has 2 atom stereocenters. The highest BCUT2D eigenvalue weighted by molar-refractivity contribution is 5.83. The summed E-state index contributed by atoms with van der Waals surface area (Å²) < 4.78 is 0. The van der Waals surface area contributed by atoms with Gasteiger partial charge in [-0.25, -0.2) is 0 Å².